The van der Waals surface area contributed by atoms with Crippen molar-refractivity contribution in [2.24, 2.45) is 0 Å². The van der Waals surface area contributed by atoms with E-state index in [0.717, 1.165) is 25.8 Å². The number of aliphatic hydroxyl groups is 2. The van der Waals surface area contributed by atoms with Gasteiger partial charge >= 0.3 is 0 Å². The fourth-order valence-corrected chi connectivity index (χ4v) is 2.86. The molecule has 0 saturated heterocycles. The molecule has 0 bridgehead atoms. The van der Waals surface area contributed by atoms with Crippen LogP contribution in [0, 0.1) is 0 Å². The summed E-state index contributed by atoms with van der Waals surface area (Å²) < 4.78 is 0. The van der Waals surface area contributed by atoms with E-state index in [-0.39, 0.29) is 5.91 Å². The molecule has 0 aromatic carbocycles. The average molecular weight is 344 g/mol. The smallest absolute Gasteiger partial charge is 0.219 e. The van der Waals surface area contributed by atoms with Gasteiger partial charge in [0.1, 0.15) is 0 Å². The zero-order chi connectivity index (χ0) is 18.0. The lowest BCUT2D eigenvalue weighted by Gasteiger charge is -2.17. The van der Waals surface area contributed by atoms with Crippen LogP contribution in [0.3, 0.4) is 0 Å². The molecule has 144 valence electrons. The molecular formula is C20H41NO3. The first-order valence-corrected chi connectivity index (χ1v) is 10.2. The van der Waals surface area contributed by atoms with Crippen molar-refractivity contribution in [2.45, 2.75) is 116 Å². The third-order valence-electron chi connectivity index (χ3n) is 4.55. The van der Waals surface area contributed by atoms with Crippen LogP contribution >= 0.6 is 0 Å². The Morgan fingerprint density at radius 2 is 1.25 bits per heavy atom. The van der Waals surface area contributed by atoms with Crippen molar-refractivity contribution in [1.29, 1.82) is 0 Å². The van der Waals surface area contributed by atoms with Crippen LogP contribution in [0.4, 0.5) is 0 Å². The van der Waals surface area contributed by atoms with Gasteiger partial charge in [0.25, 0.3) is 0 Å². The third kappa shape index (κ3) is 14.9. The normalized spacial score (nSPS) is 13.7. The Kier molecular flexibility index (Phi) is 16.8. The van der Waals surface area contributed by atoms with E-state index in [1.54, 1.807) is 0 Å². The molecule has 4 nitrogen and oxygen atoms in total. The average Bonchev–Trinajstić information content (AvgIpc) is 2.57. The van der Waals surface area contributed by atoms with Crippen LogP contribution in [-0.2, 0) is 4.79 Å². The molecule has 24 heavy (non-hydrogen) atoms. The van der Waals surface area contributed by atoms with Gasteiger partial charge in [-0.3, -0.25) is 4.79 Å². The molecule has 3 N–H and O–H groups in total. The predicted octanol–water partition coefficient (Wildman–Crippen LogP) is 4.33. The maximum Gasteiger partial charge on any atom is 0.219 e. The SMILES string of the molecule is CCCCCCCCNC(=O)CCCC(O)C(O)CCCCCC. The fraction of sp³-hybridized carbons (Fsp3) is 0.950. The first-order valence-electron chi connectivity index (χ1n) is 10.2. The van der Waals surface area contributed by atoms with E-state index in [2.05, 4.69) is 19.2 Å². The van der Waals surface area contributed by atoms with Crippen molar-refractivity contribution in [2.75, 3.05) is 6.54 Å². The van der Waals surface area contributed by atoms with Gasteiger partial charge in [0.2, 0.25) is 5.91 Å². The second-order valence-electron chi connectivity index (χ2n) is 6.99. The summed E-state index contributed by atoms with van der Waals surface area (Å²) in [5.74, 6) is 0.0631. The molecule has 0 rings (SSSR count). The molecule has 0 aliphatic rings. The van der Waals surface area contributed by atoms with E-state index in [1.807, 2.05) is 0 Å². The summed E-state index contributed by atoms with van der Waals surface area (Å²) in [5, 5.41) is 22.8. The Balaban J connectivity index is 3.48. The van der Waals surface area contributed by atoms with Crippen molar-refractivity contribution in [3.8, 4) is 0 Å². The zero-order valence-corrected chi connectivity index (χ0v) is 16.1. The molecule has 0 aromatic rings. The Hall–Kier alpha value is -0.610. The molecular weight excluding hydrogens is 302 g/mol. The highest BCUT2D eigenvalue weighted by molar-refractivity contribution is 5.75. The molecule has 0 aliphatic heterocycles. The minimum atomic E-state index is -0.696. The molecule has 2 atom stereocenters. The third-order valence-corrected chi connectivity index (χ3v) is 4.55. The highest BCUT2D eigenvalue weighted by Gasteiger charge is 2.15. The lowest BCUT2D eigenvalue weighted by Crippen LogP contribution is -2.27. The van der Waals surface area contributed by atoms with Gasteiger partial charge in [-0.25, -0.2) is 0 Å². The largest absolute Gasteiger partial charge is 0.390 e. The predicted molar refractivity (Wildman–Crippen MR) is 101 cm³/mol. The molecule has 4 heteroatoms. The summed E-state index contributed by atoms with van der Waals surface area (Å²) >= 11 is 0. The summed E-state index contributed by atoms with van der Waals surface area (Å²) in [4.78, 5) is 11.7. The maximum atomic E-state index is 11.7. The molecule has 0 saturated carbocycles. The highest BCUT2D eigenvalue weighted by Crippen LogP contribution is 2.12. The number of hydrogen-bond acceptors (Lipinski definition) is 3. The van der Waals surface area contributed by atoms with Gasteiger partial charge in [-0.05, 0) is 25.7 Å². The van der Waals surface area contributed by atoms with Crippen LogP contribution in [0.25, 0.3) is 0 Å². The van der Waals surface area contributed by atoms with E-state index in [4.69, 9.17) is 0 Å². The van der Waals surface area contributed by atoms with Crippen LogP contribution in [0.5, 0.6) is 0 Å². The van der Waals surface area contributed by atoms with Gasteiger partial charge in [-0.1, -0.05) is 71.6 Å². The van der Waals surface area contributed by atoms with Gasteiger partial charge < -0.3 is 15.5 Å². The molecule has 0 spiro atoms. The van der Waals surface area contributed by atoms with Gasteiger partial charge in [0, 0.05) is 13.0 Å². The number of aliphatic hydroxyl groups excluding tert-OH is 2. The summed E-state index contributed by atoms with van der Waals surface area (Å²) in [7, 11) is 0. The Bertz CT molecular complexity index is 284. The van der Waals surface area contributed by atoms with Crippen molar-refractivity contribution in [1.82, 2.24) is 5.32 Å². The van der Waals surface area contributed by atoms with Crippen molar-refractivity contribution >= 4 is 5.91 Å². The summed E-state index contributed by atoms with van der Waals surface area (Å²) in [6.07, 6.45) is 12.7. The van der Waals surface area contributed by atoms with E-state index in [0.29, 0.717) is 25.7 Å². The lowest BCUT2D eigenvalue weighted by molar-refractivity contribution is -0.121. The van der Waals surface area contributed by atoms with Crippen LogP contribution in [-0.4, -0.2) is 34.9 Å². The number of amides is 1. The standard InChI is InChI=1S/C20H41NO3/c1-3-5-7-9-10-12-17-21-20(24)16-13-15-19(23)18(22)14-11-8-6-4-2/h18-19,22-23H,3-17H2,1-2H3,(H,21,24). The number of rotatable bonds is 17. The van der Waals surface area contributed by atoms with Gasteiger partial charge in [0.15, 0.2) is 0 Å². The maximum absolute atomic E-state index is 11.7. The summed E-state index contributed by atoms with van der Waals surface area (Å²) in [6, 6.07) is 0. The summed E-state index contributed by atoms with van der Waals surface area (Å²) in [6.45, 7) is 5.12. The summed E-state index contributed by atoms with van der Waals surface area (Å²) in [5.41, 5.74) is 0. The van der Waals surface area contributed by atoms with Crippen LogP contribution in [0.2, 0.25) is 0 Å². The van der Waals surface area contributed by atoms with E-state index in [1.165, 1.54) is 44.9 Å². The first-order chi connectivity index (χ1) is 11.6. The second-order valence-corrected chi connectivity index (χ2v) is 6.99. The van der Waals surface area contributed by atoms with Crippen LogP contribution in [0.15, 0.2) is 0 Å². The minimum absolute atomic E-state index is 0.0631. The van der Waals surface area contributed by atoms with Gasteiger partial charge in [-0.15, -0.1) is 0 Å². The lowest BCUT2D eigenvalue weighted by atomic mass is 10.0. The van der Waals surface area contributed by atoms with Crippen molar-refractivity contribution < 1.29 is 15.0 Å². The molecule has 1 amide bonds. The Morgan fingerprint density at radius 1 is 0.750 bits per heavy atom. The zero-order valence-electron chi connectivity index (χ0n) is 16.1. The molecule has 0 heterocycles. The van der Waals surface area contributed by atoms with Crippen molar-refractivity contribution in [3.63, 3.8) is 0 Å². The number of unbranched alkanes of at least 4 members (excludes halogenated alkanes) is 8. The van der Waals surface area contributed by atoms with Gasteiger partial charge in [0.05, 0.1) is 12.2 Å². The van der Waals surface area contributed by atoms with Crippen molar-refractivity contribution in [3.05, 3.63) is 0 Å². The van der Waals surface area contributed by atoms with Crippen LogP contribution < -0.4 is 5.32 Å². The van der Waals surface area contributed by atoms with Crippen LogP contribution in [0.1, 0.15) is 104 Å². The fourth-order valence-electron chi connectivity index (χ4n) is 2.86. The van der Waals surface area contributed by atoms with E-state index >= 15 is 0 Å². The molecule has 2 unspecified atom stereocenters. The Morgan fingerprint density at radius 3 is 1.88 bits per heavy atom. The molecule has 0 radical (unpaired) electrons. The number of carbonyl (C=O) groups is 1. The Labute approximate surface area is 149 Å². The number of nitrogens with one attached hydrogen (secondary N) is 1. The highest BCUT2D eigenvalue weighted by atomic mass is 16.3. The van der Waals surface area contributed by atoms with E-state index < -0.39 is 12.2 Å². The monoisotopic (exact) mass is 343 g/mol. The van der Waals surface area contributed by atoms with Gasteiger partial charge in [-0.2, -0.15) is 0 Å². The molecule has 0 aromatic heterocycles. The molecule has 0 aliphatic carbocycles. The molecule has 0 fully saturated rings. The minimum Gasteiger partial charge on any atom is -0.390 e. The first kappa shape index (κ1) is 23.4. The topological polar surface area (TPSA) is 69.6 Å². The number of hydrogen-bond donors (Lipinski definition) is 3. The second kappa shape index (κ2) is 17.2. The van der Waals surface area contributed by atoms with E-state index in [9.17, 15) is 15.0 Å². The number of carbonyl (C=O) groups excluding carboxylic acids is 1. The quantitative estimate of drug-likeness (QED) is 0.344.